The molecule has 0 aromatic carbocycles. The molecule has 1 heterocycles. The van der Waals surface area contributed by atoms with Gasteiger partial charge in [0.05, 0.1) is 18.4 Å². The third kappa shape index (κ3) is 1.64. The van der Waals surface area contributed by atoms with Gasteiger partial charge in [-0.1, -0.05) is 6.07 Å². The molecule has 0 unspecified atom stereocenters. The van der Waals surface area contributed by atoms with E-state index >= 15 is 0 Å². The quantitative estimate of drug-likeness (QED) is 0.428. The Labute approximate surface area is 72.2 Å². The van der Waals surface area contributed by atoms with Gasteiger partial charge in [-0.05, 0) is 18.6 Å². The van der Waals surface area contributed by atoms with Gasteiger partial charge in [-0.3, -0.25) is 4.98 Å². The van der Waals surface area contributed by atoms with Crippen molar-refractivity contribution in [1.82, 2.24) is 4.98 Å². The van der Waals surface area contributed by atoms with Crippen LogP contribution in [0.15, 0.2) is 12.1 Å². The van der Waals surface area contributed by atoms with Crippen LogP contribution >= 0.6 is 0 Å². The molecule has 0 fully saturated rings. The van der Waals surface area contributed by atoms with E-state index in [1.165, 1.54) is 7.11 Å². The summed E-state index contributed by atoms with van der Waals surface area (Å²) in [4.78, 5) is 15.0. The number of esters is 1. The molecule has 4 heteroatoms. The van der Waals surface area contributed by atoms with Crippen LogP contribution in [0.4, 0.5) is 0 Å². The smallest absolute Gasteiger partial charge is 0.339 e. The Balaban J connectivity index is 3.09. The molecule has 0 saturated carbocycles. The highest BCUT2D eigenvalue weighted by atomic mass is 16.5. The number of ether oxygens (including phenoxy) is 1. The van der Waals surface area contributed by atoms with Crippen molar-refractivity contribution in [3.8, 4) is 0 Å². The molecule has 1 aromatic rings. The van der Waals surface area contributed by atoms with Crippen molar-refractivity contribution in [2.24, 2.45) is 0 Å². The minimum Gasteiger partial charge on any atom is -0.465 e. The molecular weight excluding hydrogens is 153 g/mol. The lowest BCUT2D eigenvalue weighted by atomic mass is 10.0. The lowest BCUT2D eigenvalue weighted by Crippen LogP contribution is -2.13. The number of aromatic nitrogens is 1. The van der Waals surface area contributed by atoms with E-state index in [0.717, 1.165) is 0 Å². The second kappa shape index (κ2) is 3.39. The standard InChI is InChI=1S/C8H8BNO2/c1-5-6(8(11)12-2)3-4-7(9)10-5/h3-4H,1-2H3. The number of aryl methyl sites for hydroxylation is 1. The molecule has 0 bridgehead atoms. The fourth-order valence-electron chi connectivity index (χ4n) is 0.906. The topological polar surface area (TPSA) is 39.2 Å². The number of hydrogen-bond donors (Lipinski definition) is 0. The van der Waals surface area contributed by atoms with Crippen molar-refractivity contribution in [1.29, 1.82) is 0 Å². The van der Waals surface area contributed by atoms with Crippen LogP contribution in [-0.2, 0) is 4.74 Å². The molecule has 0 amide bonds. The SMILES string of the molecule is [B]c1ccc(C(=O)OC)c(C)n1. The first-order chi connectivity index (χ1) is 5.65. The Kier molecular flexibility index (Phi) is 2.48. The molecule has 0 N–H and O–H groups in total. The van der Waals surface area contributed by atoms with Gasteiger partial charge >= 0.3 is 5.97 Å². The molecule has 60 valence electrons. The van der Waals surface area contributed by atoms with Gasteiger partial charge in [0.25, 0.3) is 0 Å². The molecule has 12 heavy (non-hydrogen) atoms. The second-order valence-corrected chi connectivity index (χ2v) is 2.36. The molecule has 0 atom stereocenters. The summed E-state index contributed by atoms with van der Waals surface area (Å²) in [5.41, 5.74) is 1.44. The summed E-state index contributed by atoms with van der Waals surface area (Å²) in [5, 5.41) is 0. The normalized spacial score (nSPS) is 9.50. The Morgan fingerprint density at radius 1 is 1.58 bits per heavy atom. The van der Waals surface area contributed by atoms with Gasteiger partial charge in [-0.15, -0.1) is 0 Å². The molecule has 1 rings (SSSR count). The van der Waals surface area contributed by atoms with Crippen LogP contribution in [0.25, 0.3) is 0 Å². The van der Waals surface area contributed by atoms with Crippen LogP contribution in [-0.4, -0.2) is 25.9 Å². The molecule has 1 aromatic heterocycles. The molecular formula is C8H8BNO2. The number of methoxy groups -OCH3 is 1. The monoisotopic (exact) mass is 161 g/mol. The van der Waals surface area contributed by atoms with E-state index < -0.39 is 0 Å². The Morgan fingerprint density at radius 2 is 2.25 bits per heavy atom. The first-order valence-corrected chi connectivity index (χ1v) is 3.46. The van der Waals surface area contributed by atoms with E-state index in [4.69, 9.17) is 7.85 Å². The zero-order valence-electron chi connectivity index (χ0n) is 7.00. The predicted octanol–water partition coefficient (Wildman–Crippen LogP) is -0.0296. The number of nitrogens with zero attached hydrogens (tertiary/aromatic N) is 1. The minimum atomic E-state index is -0.389. The Morgan fingerprint density at radius 3 is 2.75 bits per heavy atom. The van der Waals surface area contributed by atoms with Gasteiger partial charge in [0, 0.05) is 0 Å². The third-order valence-electron chi connectivity index (χ3n) is 1.51. The summed E-state index contributed by atoms with van der Waals surface area (Å²) in [6.45, 7) is 1.71. The maximum absolute atomic E-state index is 11.0. The van der Waals surface area contributed by atoms with Gasteiger partial charge in [0.1, 0.15) is 7.85 Å². The largest absolute Gasteiger partial charge is 0.465 e. The molecule has 0 saturated heterocycles. The van der Waals surface area contributed by atoms with Gasteiger partial charge in [0.2, 0.25) is 0 Å². The van der Waals surface area contributed by atoms with Crippen LogP contribution in [0.3, 0.4) is 0 Å². The lowest BCUT2D eigenvalue weighted by molar-refractivity contribution is 0.0599. The number of carbonyl (C=O) groups is 1. The fraction of sp³-hybridized carbons (Fsp3) is 0.250. The molecule has 0 aliphatic carbocycles. The van der Waals surface area contributed by atoms with E-state index in [0.29, 0.717) is 16.9 Å². The number of hydrogen-bond acceptors (Lipinski definition) is 3. The summed E-state index contributed by atoms with van der Waals surface area (Å²) < 4.78 is 4.54. The van der Waals surface area contributed by atoms with Crippen molar-refractivity contribution < 1.29 is 9.53 Å². The summed E-state index contributed by atoms with van der Waals surface area (Å²) in [6.07, 6.45) is 0. The van der Waals surface area contributed by atoms with Crippen LogP contribution in [0, 0.1) is 6.92 Å². The average Bonchev–Trinajstić information content (AvgIpc) is 2.03. The Bertz CT molecular complexity index is 312. The first-order valence-electron chi connectivity index (χ1n) is 3.46. The maximum Gasteiger partial charge on any atom is 0.339 e. The highest BCUT2D eigenvalue weighted by Crippen LogP contribution is 2.03. The highest BCUT2D eigenvalue weighted by molar-refractivity contribution is 6.30. The third-order valence-corrected chi connectivity index (χ3v) is 1.51. The Hall–Kier alpha value is -1.32. The number of pyridine rings is 1. The fourth-order valence-corrected chi connectivity index (χ4v) is 0.906. The van der Waals surface area contributed by atoms with Gasteiger partial charge in [-0.25, -0.2) is 4.79 Å². The van der Waals surface area contributed by atoms with Crippen molar-refractivity contribution in [2.45, 2.75) is 6.92 Å². The minimum absolute atomic E-state index is 0.389. The van der Waals surface area contributed by atoms with Gasteiger partial charge in [0.15, 0.2) is 0 Å². The predicted molar refractivity (Wildman–Crippen MR) is 45.7 cm³/mol. The zero-order valence-corrected chi connectivity index (χ0v) is 7.00. The molecule has 2 radical (unpaired) electrons. The van der Waals surface area contributed by atoms with Crippen molar-refractivity contribution >= 4 is 19.4 Å². The van der Waals surface area contributed by atoms with E-state index in [1.54, 1.807) is 19.1 Å². The number of rotatable bonds is 1. The van der Waals surface area contributed by atoms with Crippen LogP contribution in [0.5, 0.6) is 0 Å². The lowest BCUT2D eigenvalue weighted by Gasteiger charge is -2.02. The summed E-state index contributed by atoms with van der Waals surface area (Å²) in [5.74, 6) is -0.389. The molecule has 0 aliphatic heterocycles. The molecule has 3 nitrogen and oxygen atoms in total. The number of carbonyl (C=O) groups excluding carboxylic acids is 1. The van der Waals surface area contributed by atoms with Crippen LogP contribution < -0.4 is 5.59 Å². The van der Waals surface area contributed by atoms with Crippen LogP contribution in [0.1, 0.15) is 16.1 Å². The maximum atomic E-state index is 11.0. The van der Waals surface area contributed by atoms with E-state index in [-0.39, 0.29) is 5.97 Å². The second-order valence-electron chi connectivity index (χ2n) is 2.36. The van der Waals surface area contributed by atoms with E-state index in [1.807, 2.05) is 0 Å². The zero-order chi connectivity index (χ0) is 9.14. The highest BCUT2D eigenvalue weighted by Gasteiger charge is 2.08. The van der Waals surface area contributed by atoms with Crippen molar-refractivity contribution in [2.75, 3.05) is 7.11 Å². The average molecular weight is 161 g/mol. The summed E-state index contributed by atoms with van der Waals surface area (Å²) in [7, 11) is 6.74. The van der Waals surface area contributed by atoms with Crippen molar-refractivity contribution in [3.05, 3.63) is 23.4 Å². The summed E-state index contributed by atoms with van der Waals surface area (Å²) in [6, 6.07) is 3.17. The first kappa shape index (κ1) is 8.78. The summed E-state index contributed by atoms with van der Waals surface area (Å²) >= 11 is 0. The van der Waals surface area contributed by atoms with Crippen LogP contribution in [0.2, 0.25) is 0 Å². The van der Waals surface area contributed by atoms with E-state index in [9.17, 15) is 4.79 Å². The molecule has 0 spiro atoms. The van der Waals surface area contributed by atoms with Crippen molar-refractivity contribution in [3.63, 3.8) is 0 Å². The van der Waals surface area contributed by atoms with Gasteiger partial charge < -0.3 is 4.74 Å². The van der Waals surface area contributed by atoms with Gasteiger partial charge in [-0.2, -0.15) is 0 Å². The van der Waals surface area contributed by atoms with E-state index in [2.05, 4.69) is 9.72 Å². The molecule has 0 aliphatic rings.